The summed E-state index contributed by atoms with van der Waals surface area (Å²) >= 11 is 0. The number of allylic oxidation sites excluding steroid dienone is 1. The van der Waals surface area contributed by atoms with Gasteiger partial charge in [0.05, 0.1) is 16.8 Å². The van der Waals surface area contributed by atoms with Gasteiger partial charge in [0.2, 0.25) is 0 Å². The molecule has 1 aromatic heterocycles. The van der Waals surface area contributed by atoms with Gasteiger partial charge in [-0.25, -0.2) is 4.98 Å². The van der Waals surface area contributed by atoms with Gasteiger partial charge in [-0.2, -0.15) is 13.2 Å². The van der Waals surface area contributed by atoms with E-state index >= 15 is 0 Å². The Balaban J connectivity index is 2.72. The van der Waals surface area contributed by atoms with E-state index in [-0.39, 0.29) is 5.39 Å². The fourth-order valence-corrected chi connectivity index (χ4v) is 1.64. The Bertz CT molecular complexity index is 585. The number of hydrogen-bond acceptors (Lipinski definition) is 1. The molecule has 0 saturated carbocycles. The molecule has 0 saturated heterocycles. The minimum absolute atomic E-state index is 0.116. The van der Waals surface area contributed by atoms with Crippen LogP contribution in [-0.4, -0.2) is 4.98 Å². The summed E-state index contributed by atoms with van der Waals surface area (Å²) in [5, 5.41) is 0.116. The molecular weight excluding hydrogens is 227 g/mol. The Kier molecular flexibility index (Phi) is 2.65. The molecule has 1 nitrogen and oxygen atoms in total. The first-order valence-electron chi connectivity index (χ1n) is 5.02. The predicted octanol–water partition coefficient (Wildman–Crippen LogP) is 4.29. The van der Waals surface area contributed by atoms with Crippen LogP contribution in [0.4, 0.5) is 13.2 Å². The van der Waals surface area contributed by atoms with Crippen molar-refractivity contribution in [1.29, 1.82) is 0 Å². The summed E-state index contributed by atoms with van der Waals surface area (Å²) in [5.74, 6) is 0. The molecule has 0 aliphatic rings. The van der Waals surface area contributed by atoms with Crippen LogP contribution in [0, 0.1) is 0 Å². The van der Waals surface area contributed by atoms with Crippen LogP contribution in [-0.2, 0) is 6.18 Å². The van der Waals surface area contributed by atoms with E-state index in [4.69, 9.17) is 0 Å². The van der Waals surface area contributed by atoms with E-state index < -0.39 is 11.7 Å². The lowest BCUT2D eigenvalue weighted by atomic mass is 10.1. The molecule has 1 aromatic carbocycles. The van der Waals surface area contributed by atoms with E-state index in [9.17, 15) is 13.2 Å². The fraction of sp³-hybridized carbons (Fsp3) is 0.154. The first kappa shape index (κ1) is 11.6. The van der Waals surface area contributed by atoms with Crippen molar-refractivity contribution >= 4 is 16.5 Å². The number of benzene rings is 1. The smallest absolute Gasteiger partial charge is 0.248 e. The normalized spacial score (nSPS) is 11.8. The Morgan fingerprint density at radius 2 is 1.88 bits per heavy atom. The molecule has 0 fully saturated rings. The van der Waals surface area contributed by atoms with Crippen LogP contribution in [0.3, 0.4) is 0 Å². The molecule has 0 N–H and O–H groups in total. The molecule has 0 aliphatic heterocycles. The Morgan fingerprint density at radius 1 is 1.18 bits per heavy atom. The van der Waals surface area contributed by atoms with Gasteiger partial charge in [0.25, 0.3) is 0 Å². The van der Waals surface area contributed by atoms with Crippen LogP contribution in [0.1, 0.15) is 18.2 Å². The molecular formula is C13H10F3N. The number of halogens is 3. The number of nitrogens with zero attached hydrogens (tertiary/aromatic N) is 1. The minimum Gasteiger partial charge on any atom is -0.248 e. The van der Waals surface area contributed by atoms with Crippen molar-refractivity contribution in [1.82, 2.24) is 4.98 Å². The lowest BCUT2D eigenvalue weighted by Gasteiger charge is -2.10. The van der Waals surface area contributed by atoms with Gasteiger partial charge in [-0.1, -0.05) is 18.7 Å². The van der Waals surface area contributed by atoms with Crippen LogP contribution in [0.5, 0.6) is 0 Å². The highest BCUT2D eigenvalue weighted by atomic mass is 19.4. The molecule has 2 rings (SSSR count). The zero-order valence-electron chi connectivity index (χ0n) is 9.17. The molecule has 0 amide bonds. The summed E-state index contributed by atoms with van der Waals surface area (Å²) < 4.78 is 38.2. The van der Waals surface area contributed by atoms with Crippen molar-refractivity contribution < 1.29 is 13.2 Å². The van der Waals surface area contributed by atoms with E-state index in [1.807, 2.05) is 0 Å². The minimum atomic E-state index is -4.36. The summed E-state index contributed by atoms with van der Waals surface area (Å²) in [6, 6.07) is 6.98. The molecule has 0 unspecified atom stereocenters. The lowest BCUT2D eigenvalue weighted by molar-refractivity contribution is -0.136. The first-order valence-corrected chi connectivity index (χ1v) is 5.02. The second kappa shape index (κ2) is 3.87. The fourth-order valence-electron chi connectivity index (χ4n) is 1.64. The van der Waals surface area contributed by atoms with E-state index in [0.717, 1.165) is 11.6 Å². The summed E-state index contributed by atoms with van der Waals surface area (Å²) in [6.07, 6.45) is -4.36. The Hall–Kier alpha value is -1.84. The van der Waals surface area contributed by atoms with Gasteiger partial charge in [0.1, 0.15) is 0 Å². The first-order chi connectivity index (χ1) is 7.89. The van der Waals surface area contributed by atoms with Crippen molar-refractivity contribution in [2.75, 3.05) is 0 Å². The standard InChI is InChI=1S/C13H10F3N/c1-8(2)11-7-6-9-10(13(14,15)16)4-3-5-12(9)17-11/h3-7H,1H2,2H3. The summed E-state index contributed by atoms with van der Waals surface area (Å²) in [5.41, 5.74) is 1.01. The van der Waals surface area contributed by atoms with Gasteiger partial charge in [-0.15, -0.1) is 0 Å². The largest absolute Gasteiger partial charge is 0.417 e. The highest BCUT2D eigenvalue weighted by Crippen LogP contribution is 2.34. The highest BCUT2D eigenvalue weighted by Gasteiger charge is 2.32. The maximum absolute atomic E-state index is 12.7. The van der Waals surface area contributed by atoms with Crippen molar-refractivity contribution in [2.24, 2.45) is 0 Å². The molecule has 0 aliphatic carbocycles. The number of hydrogen-bond donors (Lipinski definition) is 0. The molecule has 0 atom stereocenters. The molecule has 0 spiro atoms. The highest BCUT2D eigenvalue weighted by molar-refractivity contribution is 5.84. The van der Waals surface area contributed by atoms with Crippen molar-refractivity contribution in [2.45, 2.75) is 13.1 Å². The van der Waals surface area contributed by atoms with Crippen LogP contribution < -0.4 is 0 Å². The molecule has 0 radical (unpaired) electrons. The number of fused-ring (bicyclic) bond motifs is 1. The third-order valence-corrected chi connectivity index (χ3v) is 2.47. The zero-order valence-corrected chi connectivity index (χ0v) is 9.17. The van der Waals surface area contributed by atoms with Gasteiger partial charge in [0.15, 0.2) is 0 Å². The Labute approximate surface area is 96.6 Å². The van der Waals surface area contributed by atoms with Gasteiger partial charge < -0.3 is 0 Å². The SMILES string of the molecule is C=C(C)c1ccc2c(C(F)(F)F)cccc2n1. The lowest BCUT2D eigenvalue weighted by Crippen LogP contribution is -2.06. The monoisotopic (exact) mass is 237 g/mol. The Morgan fingerprint density at radius 3 is 2.47 bits per heavy atom. The number of alkyl halides is 3. The second-order valence-electron chi connectivity index (χ2n) is 3.85. The summed E-state index contributed by atoms with van der Waals surface area (Å²) in [4.78, 5) is 4.15. The van der Waals surface area contributed by atoms with E-state index in [2.05, 4.69) is 11.6 Å². The number of rotatable bonds is 1. The van der Waals surface area contributed by atoms with Crippen LogP contribution >= 0.6 is 0 Å². The molecule has 88 valence electrons. The van der Waals surface area contributed by atoms with Gasteiger partial charge in [-0.05, 0) is 30.7 Å². The quantitative estimate of drug-likeness (QED) is 0.721. The van der Waals surface area contributed by atoms with Crippen molar-refractivity contribution in [3.63, 3.8) is 0 Å². The second-order valence-corrected chi connectivity index (χ2v) is 3.85. The maximum atomic E-state index is 12.7. The molecule has 2 aromatic rings. The van der Waals surface area contributed by atoms with Gasteiger partial charge in [-0.3, -0.25) is 0 Å². The van der Waals surface area contributed by atoms with Crippen molar-refractivity contribution in [3.8, 4) is 0 Å². The summed E-state index contributed by atoms with van der Waals surface area (Å²) in [7, 11) is 0. The van der Waals surface area contributed by atoms with Gasteiger partial charge >= 0.3 is 6.18 Å². The van der Waals surface area contributed by atoms with E-state index in [1.54, 1.807) is 19.1 Å². The predicted molar refractivity (Wildman–Crippen MR) is 61.5 cm³/mol. The third kappa shape index (κ3) is 2.16. The molecule has 1 heterocycles. The molecule has 17 heavy (non-hydrogen) atoms. The van der Waals surface area contributed by atoms with Crippen LogP contribution in [0.25, 0.3) is 16.5 Å². The average molecular weight is 237 g/mol. The van der Waals surface area contributed by atoms with Gasteiger partial charge in [0, 0.05) is 5.39 Å². The topological polar surface area (TPSA) is 12.9 Å². The van der Waals surface area contributed by atoms with E-state index in [0.29, 0.717) is 11.2 Å². The number of aromatic nitrogens is 1. The zero-order chi connectivity index (χ0) is 12.6. The van der Waals surface area contributed by atoms with Crippen molar-refractivity contribution in [3.05, 3.63) is 48.2 Å². The summed E-state index contributed by atoms with van der Waals surface area (Å²) in [6.45, 7) is 5.48. The maximum Gasteiger partial charge on any atom is 0.417 e. The average Bonchev–Trinajstić information content (AvgIpc) is 2.26. The van der Waals surface area contributed by atoms with Crippen LogP contribution in [0.2, 0.25) is 0 Å². The van der Waals surface area contributed by atoms with Crippen LogP contribution in [0.15, 0.2) is 36.9 Å². The number of pyridine rings is 1. The third-order valence-electron chi connectivity index (χ3n) is 2.47. The van der Waals surface area contributed by atoms with E-state index in [1.165, 1.54) is 12.1 Å². The molecule has 4 heteroatoms. The molecule has 0 bridgehead atoms.